The standard InChI is InChI=1S/C14H29N3O2S/c1-12(2)17(11-13-5-6-13)20(18,19)16(3)10-4-9-15-14-7-8-14/h12-15H,4-11H2,1-3H3. The Kier molecular flexibility index (Phi) is 5.45. The van der Waals surface area contributed by atoms with E-state index in [1.807, 2.05) is 13.8 Å². The predicted molar refractivity (Wildman–Crippen MR) is 81.8 cm³/mol. The summed E-state index contributed by atoms with van der Waals surface area (Å²) in [6.45, 7) is 6.11. The topological polar surface area (TPSA) is 52.7 Å². The van der Waals surface area contributed by atoms with Crippen LogP contribution in [0.2, 0.25) is 0 Å². The van der Waals surface area contributed by atoms with Crippen LogP contribution in [0.5, 0.6) is 0 Å². The van der Waals surface area contributed by atoms with E-state index in [2.05, 4.69) is 5.32 Å². The monoisotopic (exact) mass is 303 g/mol. The highest BCUT2D eigenvalue weighted by Gasteiger charge is 2.34. The summed E-state index contributed by atoms with van der Waals surface area (Å²) in [6.07, 6.45) is 5.77. The van der Waals surface area contributed by atoms with E-state index < -0.39 is 10.2 Å². The van der Waals surface area contributed by atoms with Crippen LogP contribution in [0.3, 0.4) is 0 Å². The van der Waals surface area contributed by atoms with Gasteiger partial charge >= 0.3 is 0 Å². The number of hydrogen-bond donors (Lipinski definition) is 1. The molecule has 1 N–H and O–H groups in total. The zero-order valence-corrected chi connectivity index (χ0v) is 13.8. The van der Waals surface area contributed by atoms with Gasteiger partial charge in [-0.2, -0.15) is 17.0 Å². The molecule has 0 amide bonds. The summed E-state index contributed by atoms with van der Waals surface area (Å²) in [5, 5.41) is 3.42. The van der Waals surface area contributed by atoms with Crippen LogP contribution in [-0.2, 0) is 10.2 Å². The summed E-state index contributed by atoms with van der Waals surface area (Å²) in [5.41, 5.74) is 0. The second kappa shape index (κ2) is 6.73. The minimum Gasteiger partial charge on any atom is -0.314 e. The summed E-state index contributed by atoms with van der Waals surface area (Å²) < 4.78 is 28.4. The second-order valence-corrected chi connectivity index (χ2v) is 8.51. The quantitative estimate of drug-likeness (QED) is 0.621. The van der Waals surface area contributed by atoms with Crippen molar-refractivity contribution < 1.29 is 8.42 Å². The van der Waals surface area contributed by atoms with Gasteiger partial charge in [0.2, 0.25) is 0 Å². The fraction of sp³-hybridized carbons (Fsp3) is 1.00. The molecule has 0 atom stereocenters. The van der Waals surface area contributed by atoms with Crippen molar-refractivity contribution in [3.8, 4) is 0 Å². The van der Waals surface area contributed by atoms with E-state index in [0.717, 1.165) is 13.0 Å². The highest BCUT2D eigenvalue weighted by Crippen LogP contribution is 2.31. The molecule has 0 aromatic heterocycles. The minimum absolute atomic E-state index is 0.0349. The van der Waals surface area contributed by atoms with E-state index in [1.54, 1.807) is 11.4 Å². The SMILES string of the molecule is CC(C)N(CC1CC1)S(=O)(=O)N(C)CCCNC1CC1. The molecule has 2 rings (SSSR count). The number of nitrogens with zero attached hydrogens (tertiary/aromatic N) is 2. The molecule has 2 saturated carbocycles. The van der Waals surface area contributed by atoms with Crippen molar-refractivity contribution in [1.82, 2.24) is 13.9 Å². The van der Waals surface area contributed by atoms with Gasteiger partial charge in [-0.05, 0) is 58.4 Å². The fourth-order valence-electron chi connectivity index (χ4n) is 2.32. The third kappa shape index (κ3) is 4.69. The maximum Gasteiger partial charge on any atom is 0.281 e. The molecular weight excluding hydrogens is 274 g/mol. The van der Waals surface area contributed by atoms with Gasteiger partial charge in [-0.25, -0.2) is 0 Å². The van der Waals surface area contributed by atoms with Crippen LogP contribution in [0.1, 0.15) is 46.0 Å². The third-order valence-electron chi connectivity index (χ3n) is 4.06. The Morgan fingerprint density at radius 1 is 1.20 bits per heavy atom. The van der Waals surface area contributed by atoms with Crippen LogP contribution in [-0.4, -0.2) is 55.8 Å². The van der Waals surface area contributed by atoms with Crippen molar-refractivity contribution in [3.05, 3.63) is 0 Å². The van der Waals surface area contributed by atoms with Gasteiger partial charge < -0.3 is 5.32 Å². The molecule has 0 unspecified atom stereocenters. The molecule has 118 valence electrons. The van der Waals surface area contributed by atoms with Crippen LogP contribution in [0, 0.1) is 5.92 Å². The first kappa shape index (κ1) is 16.2. The van der Waals surface area contributed by atoms with E-state index in [0.29, 0.717) is 25.0 Å². The molecule has 0 saturated heterocycles. The molecule has 0 heterocycles. The Hall–Kier alpha value is -0.170. The van der Waals surface area contributed by atoms with E-state index in [9.17, 15) is 8.42 Å². The first-order valence-corrected chi connectivity index (χ1v) is 9.27. The van der Waals surface area contributed by atoms with Crippen molar-refractivity contribution in [3.63, 3.8) is 0 Å². The molecule has 0 aromatic rings. The number of rotatable bonds is 10. The molecule has 0 spiro atoms. The van der Waals surface area contributed by atoms with Crippen LogP contribution >= 0.6 is 0 Å². The predicted octanol–water partition coefficient (Wildman–Crippen LogP) is 1.43. The normalized spacial score (nSPS) is 20.3. The van der Waals surface area contributed by atoms with Gasteiger partial charge in [0, 0.05) is 32.2 Å². The lowest BCUT2D eigenvalue weighted by Crippen LogP contribution is -2.46. The van der Waals surface area contributed by atoms with E-state index in [-0.39, 0.29) is 6.04 Å². The van der Waals surface area contributed by atoms with Crippen molar-refractivity contribution in [1.29, 1.82) is 0 Å². The van der Waals surface area contributed by atoms with Crippen LogP contribution in [0.15, 0.2) is 0 Å². The molecule has 6 heteroatoms. The Morgan fingerprint density at radius 2 is 1.85 bits per heavy atom. The van der Waals surface area contributed by atoms with Crippen LogP contribution in [0.25, 0.3) is 0 Å². The van der Waals surface area contributed by atoms with Gasteiger partial charge in [0.05, 0.1) is 0 Å². The molecule has 20 heavy (non-hydrogen) atoms. The van der Waals surface area contributed by atoms with Gasteiger partial charge in [-0.3, -0.25) is 0 Å². The zero-order chi connectivity index (χ0) is 14.8. The van der Waals surface area contributed by atoms with Gasteiger partial charge in [-0.1, -0.05) is 0 Å². The zero-order valence-electron chi connectivity index (χ0n) is 13.0. The molecule has 2 aliphatic carbocycles. The Morgan fingerprint density at radius 3 is 2.35 bits per heavy atom. The van der Waals surface area contributed by atoms with Gasteiger partial charge in [-0.15, -0.1) is 0 Å². The maximum absolute atomic E-state index is 12.6. The molecule has 5 nitrogen and oxygen atoms in total. The molecule has 2 fully saturated rings. The van der Waals surface area contributed by atoms with Gasteiger partial charge in [0.25, 0.3) is 10.2 Å². The van der Waals surface area contributed by atoms with Crippen molar-refractivity contribution in [2.75, 3.05) is 26.7 Å². The molecule has 2 aliphatic rings. The van der Waals surface area contributed by atoms with Gasteiger partial charge in [0.15, 0.2) is 0 Å². The van der Waals surface area contributed by atoms with Crippen LogP contribution in [0.4, 0.5) is 0 Å². The average molecular weight is 303 g/mol. The Labute approximate surface area is 123 Å². The molecule has 0 aromatic carbocycles. The lowest BCUT2D eigenvalue weighted by molar-refractivity contribution is 0.307. The lowest BCUT2D eigenvalue weighted by Gasteiger charge is -2.30. The molecular formula is C14H29N3O2S. The van der Waals surface area contributed by atoms with E-state index >= 15 is 0 Å². The van der Waals surface area contributed by atoms with E-state index in [4.69, 9.17) is 0 Å². The van der Waals surface area contributed by atoms with Crippen LogP contribution < -0.4 is 5.32 Å². The van der Waals surface area contributed by atoms with Crippen molar-refractivity contribution in [2.24, 2.45) is 5.92 Å². The summed E-state index contributed by atoms with van der Waals surface area (Å²) in [4.78, 5) is 0. The molecule has 0 bridgehead atoms. The van der Waals surface area contributed by atoms with Crippen molar-refractivity contribution >= 4 is 10.2 Å². The summed E-state index contributed by atoms with van der Waals surface area (Å²) >= 11 is 0. The largest absolute Gasteiger partial charge is 0.314 e. The summed E-state index contributed by atoms with van der Waals surface area (Å²) in [7, 11) is -1.60. The summed E-state index contributed by atoms with van der Waals surface area (Å²) in [6, 6.07) is 0.728. The first-order chi connectivity index (χ1) is 9.41. The smallest absolute Gasteiger partial charge is 0.281 e. The minimum atomic E-state index is -3.30. The van der Waals surface area contributed by atoms with E-state index in [1.165, 1.54) is 30.0 Å². The number of nitrogens with one attached hydrogen (secondary N) is 1. The Bertz CT molecular complexity index is 403. The average Bonchev–Trinajstić information content (AvgIpc) is 3.25. The second-order valence-electron chi connectivity index (χ2n) is 6.52. The summed E-state index contributed by atoms with van der Waals surface area (Å²) in [5.74, 6) is 0.581. The maximum atomic E-state index is 12.6. The molecule has 0 radical (unpaired) electrons. The fourth-order valence-corrected chi connectivity index (χ4v) is 3.97. The highest BCUT2D eigenvalue weighted by molar-refractivity contribution is 7.86. The van der Waals surface area contributed by atoms with Crippen molar-refractivity contribution in [2.45, 2.75) is 58.0 Å². The lowest BCUT2D eigenvalue weighted by atomic mass is 10.3. The van der Waals surface area contributed by atoms with Gasteiger partial charge in [0.1, 0.15) is 0 Å². The first-order valence-electron chi connectivity index (χ1n) is 7.87. The molecule has 0 aliphatic heterocycles. The Balaban J connectivity index is 1.80. The number of hydrogen-bond acceptors (Lipinski definition) is 3. The highest BCUT2D eigenvalue weighted by atomic mass is 32.2. The third-order valence-corrected chi connectivity index (χ3v) is 6.20.